The van der Waals surface area contributed by atoms with Crippen LogP contribution in [0.3, 0.4) is 0 Å². The van der Waals surface area contributed by atoms with Gasteiger partial charge in [-0.1, -0.05) is 84.5 Å². The van der Waals surface area contributed by atoms with Crippen LogP contribution in [0.4, 0.5) is 5.69 Å². The minimum atomic E-state index is -0.436. The third kappa shape index (κ3) is 14.2. The van der Waals surface area contributed by atoms with Crippen molar-refractivity contribution in [2.75, 3.05) is 18.5 Å². The normalized spacial score (nSPS) is 10.9. The van der Waals surface area contributed by atoms with Gasteiger partial charge in [0.2, 0.25) is 0 Å². The predicted molar refractivity (Wildman–Crippen MR) is 126 cm³/mol. The highest BCUT2D eigenvalue weighted by molar-refractivity contribution is 5.98. The quantitative estimate of drug-likeness (QED) is 0.156. The molecule has 4 heteroatoms. The number of carbonyl (C=O) groups is 2. The first-order chi connectivity index (χ1) is 14.5. The maximum absolute atomic E-state index is 11.9. The second kappa shape index (κ2) is 16.9. The van der Waals surface area contributed by atoms with Gasteiger partial charge in [0.05, 0.1) is 0 Å². The molecule has 1 rings (SSSR count). The molecule has 0 bridgehead atoms. The van der Waals surface area contributed by atoms with E-state index in [0.29, 0.717) is 5.56 Å². The van der Waals surface area contributed by atoms with Gasteiger partial charge in [-0.15, -0.1) is 0 Å². The van der Waals surface area contributed by atoms with Gasteiger partial charge < -0.3 is 10.1 Å². The molecule has 1 aromatic rings. The fraction of sp³-hybridized carbons (Fsp3) is 0.692. The van der Waals surface area contributed by atoms with Crippen LogP contribution in [-0.4, -0.2) is 24.9 Å². The van der Waals surface area contributed by atoms with E-state index in [1.807, 2.05) is 12.1 Å². The summed E-state index contributed by atoms with van der Waals surface area (Å²) in [6.45, 7) is 6.69. The lowest BCUT2D eigenvalue weighted by Gasteiger charge is -2.08. The van der Waals surface area contributed by atoms with E-state index in [0.717, 1.165) is 18.2 Å². The van der Waals surface area contributed by atoms with Gasteiger partial charge >= 0.3 is 5.97 Å². The molecule has 0 radical (unpaired) electrons. The molecule has 170 valence electrons. The molecule has 0 saturated carbocycles. The van der Waals surface area contributed by atoms with Crippen LogP contribution in [0.15, 0.2) is 24.3 Å². The number of esters is 1. The lowest BCUT2D eigenvalue weighted by atomic mass is 10.0. The van der Waals surface area contributed by atoms with Crippen molar-refractivity contribution in [2.45, 2.75) is 97.8 Å². The van der Waals surface area contributed by atoms with Crippen LogP contribution in [0.25, 0.3) is 0 Å². The van der Waals surface area contributed by atoms with Crippen LogP contribution < -0.4 is 5.32 Å². The fourth-order valence-corrected chi connectivity index (χ4v) is 3.53. The van der Waals surface area contributed by atoms with Crippen LogP contribution in [0.2, 0.25) is 0 Å². The van der Waals surface area contributed by atoms with Crippen molar-refractivity contribution in [1.82, 2.24) is 0 Å². The molecule has 0 spiro atoms. The molecule has 0 heterocycles. The highest BCUT2D eigenvalue weighted by atomic mass is 16.5. The molecule has 4 nitrogen and oxygen atoms in total. The number of carbonyl (C=O) groups excluding carboxylic acids is 2. The van der Waals surface area contributed by atoms with Crippen molar-refractivity contribution in [3.63, 3.8) is 0 Å². The van der Waals surface area contributed by atoms with Gasteiger partial charge in [0.1, 0.15) is 0 Å². The first-order valence-corrected chi connectivity index (χ1v) is 12.0. The zero-order chi connectivity index (χ0) is 22.0. The SMILES string of the molecule is CC(=O)OCC(=O)c1ccc(NCCCCCCCCCCCCCC(C)C)cc1. The van der Waals surface area contributed by atoms with Crippen molar-refractivity contribution in [3.8, 4) is 0 Å². The van der Waals surface area contributed by atoms with Gasteiger partial charge in [0.15, 0.2) is 12.4 Å². The second-order valence-corrected chi connectivity index (χ2v) is 8.78. The average molecular weight is 418 g/mol. The third-order valence-electron chi connectivity index (χ3n) is 5.40. The number of ketones is 1. The third-order valence-corrected chi connectivity index (χ3v) is 5.40. The molecule has 0 aliphatic carbocycles. The molecule has 0 fully saturated rings. The molecule has 1 aromatic carbocycles. The van der Waals surface area contributed by atoms with Gasteiger partial charge in [0, 0.05) is 24.7 Å². The van der Waals surface area contributed by atoms with Crippen LogP contribution >= 0.6 is 0 Å². The van der Waals surface area contributed by atoms with Crippen molar-refractivity contribution < 1.29 is 14.3 Å². The fourth-order valence-electron chi connectivity index (χ4n) is 3.53. The Morgan fingerprint density at radius 1 is 0.800 bits per heavy atom. The van der Waals surface area contributed by atoms with Crippen molar-refractivity contribution in [3.05, 3.63) is 29.8 Å². The lowest BCUT2D eigenvalue weighted by molar-refractivity contribution is -0.139. The highest BCUT2D eigenvalue weighted by Gasteiger charge is 2.07. The average Bonchev–Trinajstić information content (AvgIpc) is 2.72. The summed E-state index contributed by atoms with van der Waals surface area (Å²) in [5.41, 5.74) is 1.59. The van der Waals surface area contributed by atoms with Gasteiger partial charge in [-0.25, -0.2) is 0 Å². The molecule has 0 amide bonds. The zero-order valence-electron chi connectivity index (χ0n) is 19.5. The largest absolute Gasteiger partial charge is 0.457 e. The van der Waals surface area contributed by atoms with E-state index in [9.17, 15) is 9.59 Å². The lowest BCUT2D eigenvalue weighted by Crippen LogP contribution is -2.11. The number of benzene rings is 1. The topological polar surface area (TPSA) is 55.4 Å². The predicted octanol–water partition coefficient (Wildman–Crippen LogP) is 7.18. The van der Waals surface area contributed by atoms with Crippen molar-refractivity contribution >= 4 is 17.4 Å². The number of rotatable bonds is 18. The van der Waals surface area contributed by atoms with Gasteiger partial charge in [-0.05, 0) is 36.6 Å². The summed E-state index contributed by atoms with van der Waals surface area (Å²) >= 11 is 0. The molecule has 0 atom stereocenters. The molecule has 0 saturated heterocycles. The first-order valence-electron chi connectivity index (χ1n) is 12.0. The summed E-state index contributed by atoms with van der Waals surface area (Å²) in [5.74, 6) is 0.244. The number of unbranched alkanes of at least 4 members (excludes halogenated alkanes) is 10. The summed E-state index contributed by atoms with van der Waals surface area (Å²) in [7, 11) is 0. The molecule has 0 unspecified atom stereocenters. The Kier molecular flexibility index (Phi) is 14.8. The number of anilines is 1. The van der Waals surface area contributed by atoms with E-state index in [1.165, 1.54) is 84.0 Å². The van der Waals surface area contributed by atoms with E-state index >= 15 is 0 Å². The molecule has 0 aliphatic heterocycles. The zero-order valence-corrected chi connectivity index (χ0v) is 19.5. The van der Waals surface area contributed by atoms with Crippen LogP contribution in [0, 0.1) is 5.92 Å². The summed E-state index contributed by atoms with van der Waals surface area (Å²) in [5, 5.41) is 3.41. The van der Waals surface area contributed by atoms with Gasteiger partial charge in [0.25, 0.3) is 0 Å². The number of nitrogens with one attached hydrogen (secondary N) is 1. The number of hydrogen-bond acceptors (Lipinski definition) is 4. The maximum Gasteiger partial charge on any atom is 0.303 e. The van der Waals surface area contributed by atoms with Crippen molar-refractivity contribution in [2.24, 2.45) is 5.92 Å². The monoisotopic (exact) mass is 417 g/mol. The molecular formula is C26H43NO3. The smallest absolute Gasteiger partial charge is 0.303 e. The summed E-state index contributed by atoms with van der Waals surface area (Å²) < 4.78 is 4.74. The van der Waals surface area contributed by atoms with E-state index in [4.69, 9.17) is 4.74 Å². The number of ether oxygens (including phenoxy) is 1. The minimum Gasteiger partial charge on any atom is -0.457 e. The Morgan fingerprint density at radius 3 is 1.80 bits per heavy atom. The molecule has 0 aliphatic rings. The summed E-state index contributed by atoms with van der Waals surface area (Å²) in [6, 6.07) is 7.37. The van der Waals surface area contributed by atoms with E-state index in [2.05, 4.69) is 19.2 Å². The van der Waals surface area contributed by atoms with Crippen LogP contribution in [0.1, 0.15) is 108 Å². The first kappa shape index (κ1) is 26.2. The molecule has 0 aromatic heterocycles. The molecular weight excluding hydrogens is 374 g/mol. The maximum atomic E-state index is 11.9. The van der Waals surface area contributed by atoms with Crippen LogP contribution in [0.5, 0.6) is 0 Å². The number of Topliss-reactive ketones (excluding diaryl/α,β-unsaturated/α-hetero) is 1. The van der Waals surface area contributed by atoms with Crippen molar-refractivity contribution in [1.29, 1.82) is 0 Å². The Hall–Kier alpha value is -1.84. The summed E-state index contributed by atoms with van der Waals surface area (Å²) in [6.07, 6.45) is 16.3. The Bertz CT molecular complexity index is 580. The number of hydrogen-bond donors (Lipinski definition) is 1. The molecule has 1 N–H and O–H groups in total. The van der Waals surface area contributed by atoms with E-state index in [-0.39, 0.29) is 12.4 Å². The minimum absolute atomic E-state index is 0.178. The molecule has 30 heavy (non-hydrogen) atoms. The Labute approximate surface area is 184 Å². The van der Waals surface area contributed by atoms with E-state index in [1.54, 1.807) is 12.1 Å². The van der Waals surface area contributed by atoms with Gasteiger partial charge in [-0.2, -0.15) is 0 Å². The van der Waals surface area contributed by atoms with E-state index < -0.39 is 5.97 Å². The highest BCUT2D eigenvalue weighted by Crippen LogP contribution is 2.14. The standard InChI is InChI=1S/C26H43NO3/c1-22(2)15-13-11-9-7-5-4-6-8-10-12-14-20-27-25-18-16-24(17-19-25)26(29)21-30-23(3)28/h16-19,22,27H,4-15,20-21H2,1-3H3. The second-order valence-electron chi connectivity index (χ2n) is 8.78. The Morgan fingerprint density at radius 2 is 1.30 bits per heavy atom. The van der Waals surface area contributed by atoms with Crippen LogP contribution in [-0.2, 0) is 9.53 Å². The summed E-state index contributed by atoms with van der Waals surface area (Å²) in [4.78, 5) is 22.6. The Balaban J connectivity index is 1.94. The van der Waals surface area contributed by atoms with Gasteiger partial charge in [-0.3, -0.25) is 9.59 Å².